The van der Waals surface area contributed by atoms with Gasteiger partial charge in [-0.2, -0.15) is 0 Å². The number of amides is 2. The maximum atomic E-state index is 12.9. The molecule has 1 saturated heterocycles. The third-order valence-electron chi connectivity index (χ3n) is 4.83. The van der Waals surface area contributed by atoms with Gasteiger partial charge in [-0.15, -0.1) is 0 Å². The van der Waals surface area contributed by atoms with Crippen molar-refractivity contribution in [3.8, 4) is 5.75 Å². The molecule has 2 aromatic carbocycles. The molecule has 1 fully saturated rings. The van der Waals surface area contributed by atoms with Crippen molar-refractivity contribution < 1.29 is 14.3 Å². The maximum Gasteiger partial charge on any atom is 0.257 e. The minimum atomic E-state index is -0.0764. The van der Waals surface area contributed by atoms with E-state index < -0.39 is 0 Å². The van der Waals surface area contributed by atoms with Crippen LogP contribution in [0.15, 0.2) is 42.5 Å². The quantitative estimate of drug-likeness (QED) is 0.752. The molecule has 0 atom stereocenters. The van der Waals surface area contributed by atoms with Crippen LogP contribution >= 0.6 is 23.2 Å². The summed E-state index contributed by atoms with van der Waals surface area (Å²) in [5, 5.41) is 1.03. The Morgan fingerprint density at radius 2 is 1.71 bits per heavy atom. The summed E-state index contributed by atoms with van der Waals surface area (Å²) >= 11 is 12.1. The summed E-state index contributed by atoms with van der Waals surface area (Å²) in [5.41, 5.74) is 1.29. The number of halogens is 2. The molecule has 0 spiro atoms. The molecule has 0 aliphatic carbocycles. The van der Waals surface area contributed by atoms with Gasteiger partial charge in [0.15, 0.2) is 0 Å². The van der Waals surface area contributed by atoms with Crippen LogP contribution in [0.25, 0.3) is 0 Å². The summed E-state index contributed by atoms with van der Waals surface area (Å²) in [6.07, 6.45) is 0.942. The molecule has 0 radical (unpaired) electrons. The first-order valence-electron chi connectivity index (χ1n) is 9.13. The molecule has 1 aliphatic rings. The number of nitrogens with zero attached hydrogens (tertiary/aromatic N) is 2. The van der Waals surface area contributed by atoms with Crippen LogP contribution in [-0.4, -0.2) is 54.9 Å². The lowest BCUT2D eigenvalue weighted by molar-refractivity contribution is -0.130. The standard InChI is InChI=1S/C21H22Cl2N2O3/c1-28-19-6-3-2-5-17(19)21(27)25-10-4-9-24(11-12-25)20(26)13-15-7-8-16(22)14-18(15)23/h2-3,5-8,14H,4,9-13H2,1H3. The second kappa shape index (κ2) is 9.30. The molecule has 1 heterocycles. The van der Waals surface area contributed by atoms with E-state index in [2.05, 4.69) is 0 Å². The van der Waals surface area contributed by atoms with Crippen LogP contribution in [0, 0.1) is 0 Å². The number of hydrogen-bond acceptors (Lipinski definition) is 3. The highest BCUT2D eigenvalue weighted by molar-refractivity contribution is 6.35. The van der Waals surface area contributed by atoms with E-state index in [1.807, 2.05) is 12.1 Å². The third kappa shape index (κ3) is 4.78. The van der Waals surface area contributed by atoms with Crippen molar-refractivity contribution in [3.05, 3.63) is 63.6 Å². The van der Waals surface area contributed by atoms with Gasteiger partial charge in [0.05, 0.1) is 19.1 Å². The van der Waals surface area contributed by atoms with E-state index >= 15 is 0 Å². The lowest BCUT2D eigenvalue weighted by Gasteiger charge is -2.23. The highest BCUT2D eigenvalue weighted by Crippen LogP contribution is 2.23. The van der Waals surface area contributed by atoms with Gasteiger partial charge in [0, 0.05) is 36.2 Å². The molecule has 7 heteroatoms. The minimum Gasteiger partial charge on any atom is -0.496 e. The Hall–Kier alpha value is -2.24. The molecule has 0 bridgehead atoms. The van der Waals surface area contributed by atoms with Crippen molar-refractivity contribution in [2.24, 2.45) is 0 Å². The Kier molecular flexibility index (Phi) is 6.81. The Morgan fingerprint density at radius 1 is 1.00 bits per heavy atom. The van der Waals surface area contributed by atoms with Crippen LogP contribution in [0.4, 0.5) is 0 Å². The molecule has 2 aromatic rings. The van der Waals surface area contributed by atoms with E-state index in [0.717, 1.165) is 12.0 Å². The summed E-state index contributed by atoms with van der Waals surface area (Å²) in [5.74, 6) is 0.477. The van der Waals surface area contributed by atoms with Crippen molar-refractivity contribution in [1.82, 2.24) is 9.80 Å². The Labute approximate surface area is 174 Å². The number of hydrogen-bond donors (Lipinski definition) is 0. The van der Waals surface area contributed by atoms with Crippen LogP contribution in [0.1, 0.15) is 22.3 Å². The highest BCUT2D eigenvalue weighted by Gasteiger charge is 2.24. The van der Waals surface area contributed by atoms with E-state index in [0.29, 0.717) is 47.5 Å². The van der Waals surface area contributed by atoms with Gasteiger partial charge in [0.25, 0.3) is 5.91 Å². The molecule has 2 amide bonds. The maximum absolute atomic E-state index is 12.9. The van der Waals surface area contributed by atoms with Crippen molar-refractivity contribution in [3.63, 3.8) is 0 Å². The van der Waals surface area contributed by atoms with Gasteiger partial charge in [-0.05, 0) is 36.2 Å². The first kappa shape index (κ1) is 20.5. The lowest BCUT2D eigenvalue weighted by atomic mass is 10.1. The number of benzene rings is 2. The van der Waals surface area contributed by atoms with Crippen molar-refractivity contribution in [1.29, 1.82) is 0 Å². The van der Waals surface area contributed by atoms with Gasteiger partial charge in [-0.1, -0.05) is 41.4 Å². The van der Waals surface area contributed by atoms with E-state index in [-0.39, 0.29) is 18.2 Å². The van der Waals surface area contributed by atoms with Crippen molar-refractivity contribution in [2.75, 3.05) is 33.3 Å². The van der Waals surface area contributed by atoms with Gasteiger partial charge in [-0.25, -0.2) is 0 Å². The van der Waals surface area contributed by atoms with E-state index in [1.165, 1.54) is 0 Å². The normalized spacial score (nSPS) is 14.5. The highest BCUT2D eigenvalue weighted by atomic mass is 35.5. The Morgan fingerprint density at radius 3 is 2.46 bits per heavy atom. The largest absolute Gasteiger partial charge is 0.496 e. The number of ether oxygens (including phenoxy) is 1. The van der Waals surface area contributed by atoms with Gasteiger partial charge in [-0.3, -0.25) is 9.59 Å². The predicted octanol–water partition coefficient (Wildman–Crippen LogP) is 3.92. The summed E-state index contributed by atoms with van der Waals surface area (Å²) in [7, 11) is 1.55. The molecular formula is C21H22Cl2N2O3. The van der Waals surface area contributed by atoms with Crippen LogP contribution in [0.2, 0.25) is 10.0 Å². The number of rotatable bonds is 4. The average molecular weight is 421 g/mol. The fourth-order valence-corrected chi connectivity index (χ4v) is 3.78. The zero-order valence-corrected chi connectivity index (χ0v) is 17.2. The molecule has 0 aromatic heterocycles. The van der Waals surface area contributed by atoms with Crippen LogP contribution < -0.4 is 4.74 Å². The molecule has 0 saturated carbocycles. The van der Waals surface area contributed by atoms with E-state index in [1.54, 1.807) is 47.2 Å². The van der Waals surface area contributed by atoms with Crippen LogP contribution in [0.3, 0.4) is 0 Å². The second-order valence-electron chi connectivity index (χ2n) is 6.64. The predicted molar refractivity (Wildman–Crippen MR) is 110 cm³/mol. The number of para-hydroxylation sites is 1. The molecular weight excluding hydrogens is 399 g/mol. The van der Waals surface area contributed by atoms with Crippen LogP contribution in [-0.2, 0) is 11.2 Å². The zero-order chi connectivity index (χ0) is 20.1. The Bertz CT molecular complexity index is 872. The minimum absolute atomic E-state index is 0.00388. The fraction of sp³-hybridized carbons (Fsp3) is 0.333. The summed E-state index contributed by atoms with van der Waals surface area (Å²) in [4.78, 5) is 29.2. The first-order chi connectivity index (χ1) is 13.5. The smallest absolute Gasteiger partial charge is 0.257 e. The molecule has 28 heavy (non-hydrogen) atoms. The molecule has 148 valence electrons. The Balaban J connectivity index is 1.64. The van der Waals surface area contributed by atoms with Gasteiger partial charge < -0.3 is 14.5 Å². The number of carbonyl (C=O) groups is 2. The van der Waals surface area contributed by atoms with Crippen molar-refractivity contribution in [2.45, 2.75) is 12.8 Å². The SMILES string of the molecule is COc1ccccc1C(=O)N1CCCN(C(=O)Cc2ccc(Cl)cc2Cl)CC1. The first-order valence-corrected chi connectivity index (χ1v) is 9.89. The summed E-state index contributed by atoms with van der Waals surface area (Å²) in [6.45, 7) is 2.18. The number of carbonyl (C=O) groups excluding carboxylic acids is 2. The zero-order valence-electron chi connectivity index (χ0n) is 15.7. The second-order valence-corrected chi connectivity index (χ2v) is 7.48. The number of methoxy groups -OCH3 is 1. The molecule has 0 unspecified atom stereocenters. The lowest BCUT2D eigenvalue weighted by Crippen LogP contribution is -2.38. The third-order valence-corrected chi connectivity index (χ3v) is 5.42. The monoisotopic (exact) mass is 420 g/mol. The van der Waals surface area contributed by atoms with Crippen LogP contribution in [0.5, 0.6) is 5.75 Å². The summed E-state index contributed by atoms with van der Waals surface area (Å²) in [6, 6.07) is 12.3. The van der Waals surface area contributed by atoms with Gasteiger partial charge >= 0.3 is 0 Å². The molecule has 1 aliphatic heterocycles. The summed E-state index contributed by atoms with van der Waals surface area (Å²) < 4.78 is 5.30. The molecule has 3 rings (SSSR count). The molecule has 5 nitrogen and oxygen atoms in total. The van der Waals surface area contributed by atoms with E-state index in [4.69, 9.17) is 27.9 Å². The van der Waals surface area contributed by atoms with Crippen molar-refractivity contribution >= 4 is 35.0 Å². The van der Waals surface area contributed by atoms with E-state index in [9.17, 15) is 9.59 Å². The van der Waals surface area contributed by atoms with Gasteiger partial charge in [0.2, 0.25) is 5.91 Å². The fourth-order valence-electron chi connectivity index (χ4n) is 3.30. The molecule has 0 N–H and O–H groups in total. The van der Waals surface area contributed by atoms with Gasteiger partial charge in [0.1, 0.15) is 5.75 Å². The average Bonchev–Trinajstić information content (AvgIpc) is 2.96. The topological polar surface area (TPSA) is 49.9 Å².